The molecule has 0 N–H and O–H groups in total. The maximum absolute atomic E-state index is 14.0. The van der Waals surface area contributed by atoms with Gasteiger partial charge in [0.15, 0.2) is 5.17 Å². The molecule has 1 aliphatic heterocycles. The van der Waals surface area contributed by atoms with Crippen LogP contribution in [0.15, 0.2) is 130 Å². The van der Waals surface area contributed by atoms with E-state index in [1.54, 1.807) is 12.0 Å². The van der Waals surface area contributed by atoms with E-state index in [2.05, 4.69) is 34.1 Å². The van der Waals surface area contributed by atoms with Crippen molar-refractivity contribution in [3.63, 3.8) is 0 Å². The summed E-state index contributed by atoms with van der Waals surface area (Å²) in [5, 5.41) is 2.72. The molecule has 5 aromatic carbocycles. The standard InChI is InChI=1S/C35H27BrN2O3S/c1-40-29-18-13-24(14-19-29)22-38-34(39)33(42-35(38)37-28-8-3-2-4-9-28)21-31-30-10-6-5-7-26(30)15-20-32(31)41-23-25-11-16-27(36)17-12-25/h2-21H,22-23H2,1H3. The highest BCUT2D eigenvalue weighted by molar-refractivity contribution is 9.10. The summed E-state index contributed by atoms with van der Waals surface area (Å²) in [6.45, 7) is 0.800. The number of amidine groups is 1. The molecule has 7 heteroatoms. The van der Waals surface area contributed by atoms with E-state index in [-0.39, 0.29) is 5.91 Å². The molecule has 0 unspecified atom stereocenters. The average molecular weight is 636 g/mol. The van der Waals surface area contributed by atoms with Gasteiger partial charge in [-0.2, -0.15) is 0 Å². The summed E-state index contributed by atoms with van der Waals surface area (Å²) in [7, 11) is 1.64. The predicted molar refractivity (Wildman–Crippen MR) is 175 cm³/mol. The van der Waals surface area contributed by atoms with Crippen molar-refractivity contribution in [2.75, 3.05) is 7.11 Å². The number of ether oxygens (including phenoxy) is 2. The fraction of sp³-hybridized carbons (Fsp3) is 0.0857. The Labute approximate surface area is 257 Å². The molecule has 0 atom stereocenters. The zero-order chi connectivity index (χ0) is 28.9. The number of para-hydroxylation sites is 1. The number of thioether (sulfide) groups is 1. The molecular weight excluding hydrogens is 608 g/mol. The Kier molecular flexibility index (Phi) is 8.40. The average Bonchev–Trinajstić information content (AvgIpc) is 3.31. The highest BCUT2D eigenvalue weighted by Gasteiger charge is 2.34. The molecule has 0 saturated carbocycles. The van der Waals surface area contributed by atoms with Crippen LogP contribution in [-0.2, 0) is 17.9 Å². The number of aliphatic imine (C=N–C) groups is 1. The van der Waals surface area contributed by atoms with Gasteiger partial charge in [-0.15, -0.1) is 0 Å². The number of nitrogens with zero attached hydrogens (tertiary/aromatic N) is 2. The molecule has 5 aromatic rings. The minimum Gasteiger partial charge on any atom is -0.497 e. The highest BCUT2D eigenvalue weighted by Crippen LogP contribution is 2.39. The second kappa shape index (κ2) is 12.7. The van der Waals surface area contributed by atoms with Crippen molar-refractivity contribution in [2.24, 2.45) is 4.99 Å². The Bertz CT molecular complexity index is 1790. The van der Waals surface area contributed by atoms with Crippen LogP contribution in [0.5, 0.6) is 11.5 Å². The van der Waals surface area contributed by atoms with Gasteiger partial charge in [0, 0.05) is 10.0 Å². The van der Waals surface area contributed by atoms with Crippen LogP contribution in [0.1, 0.15) is 16.7 Å². The number of hydrogen-bond donors (Lipinski definition) is 0. The molecule has 0 radical (unpaired) electrons. The molecule has 1 saturated heterocycles. The Morgan fingerprint density at radius 3 is 2.31 bits per heavy atom. The van der Waals surface area contributed by atoms with Crippen molar-refractivity contribution in [1.29, 1.82) is 0 Å². The summed E-state index contributed by atoms with van der Waals surface area (Å²) in [4.78, 5) is 21.2. The lowest BCUT2D eigenvalue weighted by Crippen LogP contribution is -2.28. The second-order valence-electron chi connectivity index (χ2n) is 9.69. The fourth-order valence-electron chi connectivity index (χ4n) is 4.68. The van der Waals surface area contributed by atoms with Crippen LogP contribution < -0.4 is 9.47 Å². The lowest BCUT2D eigenvalue weighted by atomic mass is 10.0. The first-order valence-corrected chi connectivity index (χ1v) is 15.1. The van der Waals surface area contributed by atoms with Gasteiger partial charge in [0.25, 0.3) is 5.91 Å². The quantitative estimate of drug-likeness (QED) is 0.160. The molecule has 5 nitrogen and oxygen atoms in total. The van der Waals surface area contributed by atoms with Crippen LogP contribution in [0, 0.1) is 0 Å². The van der Waals surface area contributed by atoms with E-state index in [1.165, 1.54) is 11.8 Å². The summed E-state index contributed by atoms with van der Waals surface area (Å²) >= 11 is 4.87. The number of halogens is 1. The first kappa shape index (κ1) is 27.8. The number of carbonyl (C=O) groups excluding carboxylic acids is 1. The normalized spacial score (nSPS) is 15.1. The number of rotatable bonds is 8. The zero-order valence-corrected chi connectivity index (χ0v) is 25.3. The van der Waals surface area contributed by atoms with Crippen molar-refractivity contribution >= 4 is 61.3 Å². The van der Waals surface area contributed by atoms with E-state index in [9.17, 15) is 4.79 Å². The third-order valence-electron chi connectivity index (χ3n) is 6.88. The molecule has 1 amide bonds. The van der Waals surface area contributed by atoms with Crippen molar-refractivity contribution < 1.29 is 14.3 Å². The smallest absolute Gasteiger partial charge is 0.267 e. The minimum absolute atomic E-state index is 0.0997. The maximum atomic E-state index is 14.0. The number of benzene rings is 5. The first-order valence-electron chi connectivity index (χ1n) is 13.4. The van der Waals surface area contributed by atoms with Gasteiger partial charge >= 0.3 is 0 Å². The summed E-state index contributed by atoms with van der Waals surface area (Å²) in [5.41, 5.74) is 3.69. The van der Waals surface area contributed by atoms with E-state index in [0.29, 0.717) is 29.0 Å². The van der Waals surface area contributed by atoms with E-state index in [1.807, 2.05) is 103 Å². The van der Waals surface area contributed by atoms with Gasteiger partial charge in [0.05, 0.1) is 24.2 Å². The third kappa shape index (κ3) is 6.27. The molecule has 42 heavy (non-hydrogen) atoms. The lowest BCUT2D eigenvalue weighted by Gasteiger charge is -2.16. The van der Waals surface area contributed by atoms with E-state index in [4.69, 9.17) is 14.5 Å². The van der Waals surface area contributed by atoms with Gasteiger partial charge in [-0.05, 0) is 82.2 Å². The Balaban J connectivity index is 1.38. The van der Waals surface area contributed by atoms with Gasteiger partial charge in [0.1, 0.15) is 18.1 Å². The Morgan fingerprint density at radius 2 is 1.55 bits per heavy atom. The van der Waals surface area contributed by atoms with Crippen molar-refractivity contribution in [3.8, 4) is 11.5 Å². The molecule has 1 heterocycles. The molecule has 0 aromatic heterocycles. The van der Waals surface area contributed by atoms with E-state index >= 15 is 0 Å². The number of fused-ring (bicyclic) bond motifs is 1. The number of carbonyl (C=O) groups is 1. The van der Waals surface area contributed by atoms with Gasteiger partial charge in [0.2, 0.25) is 0 Å². The van der Waals surface area contributed by atoms with Gasteiger partial charge in [-0.3, -0.25) is 9.69 Å². The molecular formula is C35H27BrN2O3S. The van der Waals surface area contributed by atoms with Crippen molar-refractivity contribution in [3.05, 3.63) is 141 Å². The van der Waals surface area contributed by atoms with Crippen LogP contribution in [-0.4, -0.2) is 23.1 Å². The Hall–Kier alpha value is -4.33. The topological polar surface area (TPSA) is 51.1 Å². The number of methoxy groups -OCH3 is 1. The van der Waals surface area contributed by atoms with Crippen LogP contribution in [0.4, 0.5) is 5.69 Å². The third-order valence-corrected chi connectivity index (χ3v) is 8.42. The maximum Gasteiger partial charge on any atom is 0.267 e. The second-order valence-corrected chi connectivity index (χ2v) is 11.6. The summed E-state index contributed by atoms with van der Waals surface area (Å²) in [6, 6.07) is 37.7. The van der Waals surface area contributed by atoms with Crippen molar-refractivity contribution in [2.45, 2.75) is 13.2 Å². The van der Waals surface area contributed by atoms with Crippen LogP contribution in [0.2, 0.25) is 0 Å². The predicted octanol–water partition coefficient (Wildman–Crippen LogP) is 8.99. The van der Waals surface area contributed by atoms with E-state index < -0.39 is 0 Å². The number of hydrogen-bond acceptors (Lipinski definition) is 5. The van der Waals surface area contributed by atoms with Crippen molar-refractivity contribution in [1.82, 2.24) is 4.90 Å². The molecule has 0 aliphatic carbocycles. The number of amides is 1. The van der Waals surface area contributed by atoms with E-state index in [0.717, 1.165) is 43.4 Å². The van der Waals surface area contributed by atoms with Gasteiger partial charge in [-0.25, -0.2) is 4.99 Å². The van der Waals surface area contributed by atoms with Gasteiger partial charge in [-0.1, -0.05) is 88.7 Å². The summed E-state index contributed by atoms with van der Waals surface area (Å²) in [6.07, 6.45) is 1.95. The minimum atomic E-state index is -0.0997. The monoisotopic (exact) mass is 634 g/mol. The highest BCUT2D eigenvalue weighted by atomic mass is 79.9. The molecule has 0 spiro atoms. The first-order chi connectivity index (χ1) is 20.6. The largest absolute Gasteiger partial charge is 0.497 e. The Morgan fingerprint density at radius 1 is 0.833 bits per heavy atom. The molecule has 6 rings (SSSR count). The van der Waals surface area contributed by atoms with Gasteiger partial charge < -0.3 is 9.47 Å². The fourth-order valence-corrected chi connectivity index (χ4v) is 5.92. The van der Waals surface area contributed by atoms with Crippen LogP contribution in [0.25, 0.3) is 16.8 Å². The van der Waals surface area contributed by atoms with Crippen LogP contribution in [0.3, 0.4) is 0 Å². The molecule has 208 valence electrons. The SMILES string of the molecule is COc1ccc(CN2C(=O)C(=Cc3c(OCc4ccc(Br)cc4)ccc4ccccc34)SC2=Nc2ccccc2)cc1. The lowest BCUT2D eigenvalue weighted by molar-refractivity contribution is -0.122. The molecule has 0 bridgehead atoms. The summed E-state index contributed by atoms with van der Waals surface area (Å²) in [5.74, 6) is 1.39. The summed E-state index contributed by atoms with van der Waals surface area (Å²) < 4.78 is 12.7. The zero-order valence-electron chi connectivity index (χ0n) is 22.9. The molecule has 1 fully saturated rings. The van der Waals surface area contributed by atoms with Crippen LogP contribution >= 0.6 is 27.7 Å². The molecule has 1 aliphatic rings.